The number of carbonyl (C=O) groups excluding carboxylic acids is 2. The van der Waals surface area contributed by atoms with Crippen LogP contribution >= 0.6 is 0 Å². The van der Waals surface area contributed by atoms with Crippen molar-refractivity contribution in [1.82, 2.24) is 4.90 Å². The number of rotatable bonds is 1. The Hall–Kier alpha value is -2.96. The van der Waals surface area contributed by atoms with Crippen LogP contribution in [-0.2, 0) is 0 Å². The smallest absolute Gasteiger partial charge is 0.321 e. The van der Waals surface area contributed by atoms with Crippen LogP contribution in [0.4, 0.5) is 19.3 Å². The van der Waals surface area contributed by atoms with Crippen LogP contribution in [0.25, 0.3) is 0 Å². The molecule has 2 aromatic rings. The van der Waals surface area contributed by atoms with Crippen molar-refractivity contribution in [3.63, 3.8) is 0 Å². The Kier molecular flexibility index (Phi) is 4.30. The second-order valence-corrected chi connectivity index (χ2v) is 6.95. The summed E-state index contributed by atoms with van der Waals surface area (Å²) in [5.74, 6) is -0.640. The molecule has 2 aliphatic rings. The van der Waals surface area contributed by atoms with Gasteiger partial charge >= 0.3 is 6.03 Å². The van der Waals surface area contributed by atoms with Crippen molar-refractivity contribution in [3.8, 4) is 5.75 Å². The van der Waals surface area contributed by atoms with Gasteiger partial charge in [0.15, 0.2) is 5.78 Å². The van der Waals surface area contributed by atoms with Crippen LogP contribution < -0.4 is 10.1 Å². The van der Waals surface area contributed by atoms with E-state index in [0.717, 1.165) is 0 Å². The minimum atomic E-state index is -0.669. The number of ketones is 1. The predicted molar refractivity (Wildman–Crippen MR) is 94.9 cm³/mol. The monoisotopic (exact) mass is 372 g/mol. The largest absolute Gasteiger partial charge is 0.486 e. The number of ether oxygens (including phenoxy) is 1. The molecule has 1 spiro atoms. The third-order valence-electron chi connectivity index (χ3n) is 5.09. The predicted octanol–water partition coefficient (Wildman–Crippen LogP) is 4.00. The molecule has 140 valence electrons. The molecular formula is C20H18F2N2O3. The van der Waals surface area contributed by atoms with Gasteiger partial charge in [0.2, 0.25) is 0 Å². The van der Waals surface area contributed by atoms with Crippen molar-refractivity contribution < 1.29 is 23.1 Å². The lowest BCUT2D eigenvalue weighted by Crippen LogP contribution is -2.53. The van der Waals surface area contributed by atoms with Gasteiger partial charge in [-0.3, -0.25) is 4.79 Å². The molecule has 4 rings (SSSR count). The van der Waals surface area contributed by atoms with Crippen molar-refractivity contribution in [1.29, 1.82) is 0 Å². The molecule has 7 heteroatoms. The minimum absolute atomic E-state index is 0.145. The van der Waals surface area contributed by atoms with Gasteiger partial charge in [-0.05, 0) is 36.4 Å². The Morgan fingerprint density at radius 2 is 1.81 bits per heavy atom. The number of amides is 2. The van der Waals surface area contributed by atoms with Gasteiger partial charge in [0.25, 0.3) is 0 Å². The van der Waals surface area contributed by atoms with Gasteiger partial charge in [0.05, 0.1) is 12.0 Å². The highest BCUT2D eigenvalue weighted by molar-refractivity contribution is 6.00. The lowest BCUT2D eigenvalue weighted by Gasteiger charge is -2.43. The number of urea groups is 1. The van der Waals surface area contributed by atoms with Gasteiger partial charge in [-0.15, -0.1) is 0 Å². The molecule has 2 amide bonds. The van der Waals surface area contributed by atoms with E-state index < -0.39 is 17.2 Å². The quantitative estimate of drug-likeness (QED) is 0.823. The molecule has 1 fully saturated rings. The highest BCUT2D eigenvalue weighted by Gasteiger charge is 2.43. The molecule has 0 aromatic heterocycles. The molecule has 0 radical (unpaired) electrons. The first-order chi connectivity index (χ1) is 12.9. The van der Waals surface area contributed by atoms with Crippen LogP contribution in [-0.4, -0.2) is 35.4 Å². The number of piperidine rings is 1. The number of nitrogens with one attached hydrogen (secondary N) is 1. The summed E-state index contributed by atoms with van der Waals surface area (Å²) in [5, 5.41) is 2.67. The Balaban J connectivity index is 1.42. The lowest BCUT2D eigenvalue weighted by molar-refractivity contribution is 0.000281. The number of halogens is 2. The fourth-order valence-electron chi connectivity index (χ4n) is 3.63. The third-order valence-corrected chi connectivity index (χ3v) is 5.09. The highest BCUT2D eigenvalue weighted by atomic mass is 19.1. The normalized spacial score (nSPS) is 18.0. The second-order valence-electron chi connectivity index (χ2n) is 6.95. The summed E-state index contributed by atoms with van der Waals surface area (Å²) < 4.78 is 32.7. The first kappa shape index (κ1) is 17.5. The van der Waals surface area contributed by atoms with Crippen molar-refractivity contribution in [2.24, 2.45) is 0 Å². The van der Waals surface area contributed by atoms with Crippen LogP contribution in [0, 0.1) is 11.6 Å². The molecule has 0 aliphatic carbocycles. The Morgan fingerprint density at radius 1 is 1.07 bits per heavy atom. The maximum atomic E-state index is 13.4. The molecule has 27 heavy (non-hydrogen) atoms. The molecule has 0 bridgehead atoms. The Bertz CT molecular complexity index is 908. The number of fused-ring (bicyclic) bond motifs is 1. The second kappa shape index (κ2) is 6.64. The number of carbonyl (C=O) groups is 2. The van der Waals surface area contributed by atoms with E-state index in [0.29, 0.717) is 37.4 Å². The minimum Gasteiger partial charge on any atom is -0.486 e. The summed E-state index contributed by atoms with van der Waals surface area (Å²) in [4.78, 5) is 26.4. The first-order valence-corrected chi connectivity index (χ1v) is 8.77. The fourth-order valence-corrected chi connectivity index (χ4v) is 3.63. The third kappa shape index (κ3) is 3.49. The molecule has 0 atom stereocenters. The summed E-state index contributed by atoms with van der Waals surface area (Å²) in [6.45, 7) is 0.815. The summed E-state index contributed by atoms with van der Waals surface area (Å²) in [5.41, 5.74) is -0.00962. The molecule has 1 N–H and O–H groups in total. The van der Waals surface area contributed by atoms with E-state index in [2.05, 4.69) is 5.32 Å². The van der Waals surface area contributed by atoms with Gasteiger partial charge in [0, 0.05) is 31.6 Å². The number of likely N-dealkylation sites (tertiary alicyclic amines) is 1. The van der Waals surface area contributed by atoms with Crippen LogP contribution in [0.5, 0.6) is 5.75 Å². The number of hydrogen-bond donors (Lipinski definition) is 1. The van der Waals surface area contributed by atoms with E-state index in [1.54, 1.807) is 11.0 Å². The van der Waals surface area contributed by atoms with Gasteiger partial charge in [0.1, 0.15) is 23.0 Å². The average Bonchev–Trinajstić information content (AvgIpc) is 2.63. The molecule has 1 saturated heterocycles. The van der Waals surface area contributed by atoms with E-state index in [-0.39, 0.29) is 23.8 Å². The van der Waals surface area contributed by atoms with Gasteiger partial charge in [-0.1, -0.05) is 6.07 Å². The zero-order valence-electron chi connectivity index (χ0n) is 14.5. The number of hydrogen-bond acceptors (Lipinski definition) is 3. The molecule has 0 unspecified atom stereocenters. The summed E-state index contributed by atoms with van der Waals surface area (Å²) in [6.07, 6.45) is 1.15. The van der Waals surface area contributed by atoms with Crippen LogP contribution in [0.2, 0.25) is 0 Å². The number of nitrogens with zero attached hydrogens (tertiary/aromatic N) is 1. The van der Waals surface area contributed by atoms with E-state index in [4.69, 9.17) is 4.74 Å². The van der Waals surface area contributed by atoms with Crippen molar-refractivity contribution in [3.05, 3.63) is 59.7 Å². The van der Waals surface area contributed by atoms with E-state index in [1.807, 2.05) is 0 Å². The number of benzene rings is 2. The molecule has 0 saturated carbocycles. The van der Waals surface area contributed by atoms with Crippen LogP contribution in [0.15, 0.2) is 42.5 Å². The van der Waals surface area contributed by atoms with E-state index in [9.17, 15) is 18.4 Å². The first-order valence-electron chi connectivity index (χ1n) is 8.77. The van der Waals surface area contributed by atoms with Crippen molar-refractivity contribution in [2.45, 2.75) is 24.9 Å². The average molecular weight is 372 g/mol. The highest BCUT2D eigenvalue weighted by Crippen LogP contribution is 2.39. The summed E-state index contributed by atoms with van der Waals surface area (Å²) in [6, 6.07) is 9.33. The van der Waals surface area contributed by atoms with Gasteiger partial charge < -0.3 is 15.0 Å². The SMILES string of the molecule is O=C1CC2(CCN(C(=O)Nc3cccc(F)c3)CC2)Oc2ccc(F)cc21. The van der Waals surface area contributed by atoms with Crippen LogP contribution in [0.1, 0.15) is 29.6 Å². The fraction of sp³-hybridized carbons (Fsp3) is 0.300. The number of anilines is 1. The Morgan fingerprint density at radius 3 is 2.56 bits per heavy atom. The molecule has 2 heterocycles. The molecule has 2 aromatic carbocycles. The topological polar surface area (TPSA) is 58.6 Å². The van der Waals surface area contributed by atoms with Crippen molar-refractivity contribution >= 4 is 17.5 Å². The lowest BCUT2D eigenvalue weighted by atomic mass is 9.82. The van der Waals surface area contributed by atoms with Gasteiger partial charge in [-0.2, -0.15) is 0 Å². The molecule has 5 nitrogen and oxygen atoms in total. The molecule has 2 aliphatic heterocycles. The standard InChI is InChI=1S/C20H18F2N2O3/c21-13-2-1-3-15(10-13)23-19(26)24-8-6-20(7-9-24)12-17(25)16-11-14(22)4-5-18(16)27-20/h1-5,10-11H,6-9,12H2,(H,23,26). The van der Waals surface area contributed by atoms with Gasteiger partial charge in [-0.25, -0.2) is 13.6 Å². The summed E-state index contributed by atoms with van der Waals surface area (Å²) >= 11 is 0. The van der Waals surface area contributed by atoms with Crippen LogP contribution in [0.3, 0.4) is 0 Å². The van der Waals surface area contributed by atoms with E-state index in [1.165, 1.54) is 36.4 Å². The maximum Gasteiger partial charge on any atom is 0.321 e. The van der Waals surface area contributed by atoms with E-state index >= 15 is 0 Å². The number of Topliss-reactive ketones (excluding diaryl/α,β-unsaturated/α-hetero) is 1. The zero-order chi connectivity index (χ0) is 19.0. The zero-order valence-corrected chi connectivity index (χ0v) is 14.5. The maximum absolute atomic E-state index is 13.4. The summed E-state index contributed by atoms with van der Waals surface area (Å²) in [7, 11) is 0. The molecular weight excluding hydrogens is 354 g/mol. The van der Waals surface area contributed by atoms with Crippen molar-refractivity contribution in [2.75, 3.05) is 18.4 Å². The Labute approximate surface area is 154 Å².